The van der Waals surface area contributed by atoms with Crippen LogP contribution in [0.25, 0.3) is 0 Å². The molecule has 0 spiro atoms. The molecule has 106 valence electrons. The van der Waals surface area contributed by atoms with Gasteiger partial charge in [0.1, 0.15) is 18.2 Å². The summed E-state index contributed by atoms with van der Waals surface area (Å²) in [7, 11) is 0. The zero-order chi connectivity index (χ0) is 14.1. The fraction of sp³-hybridized carbons (Fsp3) is 0.615. The zero-order valence-corrected chi connectivity index (χ0v) is 11.4. The molecule has 0 aliphatic carbocycles. The van der Waals surface area contributed by atoms with Gasteiger partial charge in [-0.3, -0.25) is 0 Å². The van der Waals surface area contributed by atoms with E-state index in [2.05, 4.69) is 15.3 Å². The first-order valence-corrected chi connectivity index (χ1v) is 6.61. The summed E-state index contributed by atoms with van der Waals surface area (Å²) in [5, 5.41) is 12.0. The van der Waals surface area contributed by atoms with E-state index in [0.717, 1.165) is 19.3 Å². The first-order chi connectivity index (χ1) is 9.17. The molecular formula is C13H21N3O3. The lowest BCUT2D eigenvalue weighted by molar-refractivity contribution is -0.138. The van der Waals surface area contributed by atoms with E-state index in [1.807, 2.05) is 13.8 Å². The van der Waals surface area contributed by atoms with Gasteiger partial charge >= 0.3 is 5.97 Å². The zero-order valence-electron chi connectivity index (χ0n) is 11.4. The molecule has 0 saturated heterocycles. The van der Waals surface area contributed by atoms with E-state index in [4.69, 9.17) is 9.84 Å². The van der Waals surface area contributed by atoms with Crippen molar-refractivity contribution in [1.82, 2.24) is 9.97 Å². The normalized spacial score (nSPS) is 11.9. The van der Waals surface area contributed by atoms with Gasteiger partial charge in [-0.25, -0.2) is 14.8 Å². The number of aromatic nitrogens is 2. The lowest BCUT2D eigenvalue weighted by Gasteiger charge is -2.14. The molecule has 1 atom stereocenters. The van der Waals surface area contributed by atoms with Gasteiger partial charge in [0.2, 0.25) is 5.88 Å². The number of aliphatic carboxylic acids is 1. The fourth-order valence-corrected chi connectivity index (χ4v) is 1.55. The number of unbranched alkanes of at least 4 members (excludes halogenated alkanes) is 1. The van der Waals surface area contributed by atoms with Crippen molar-refractivity contribution in [2.45, 2.75) is 45.6 Å². The van der Waals surface area contributed by atoms with Gasteiger partial charge in [0.15, 0.2) is 0 Å². The van der Waals surface area contributed by atoms with Crippen LogP contribution in [0.5, 0.6) is 5.88 Å². The number of carboxylic acids is 1. The van der Waals surface area contributed by atoms with E-state index in [-0.39, 0.29) is 0 Å². The average Bonchev–Trinajstić information content (AvgIpc) is 2.41. The van der Waals surface area contributed by atoms with Crippen LogP contribution in [0.2, 0.25) is 0 Å². The second kappa shape index (κ2) is 8.29. The molecule has 6 heteroatoms. The van der Waals surface area contributed by atoms with E-state index in [1.165, 1.54) is 6.33 Å². The van der Waals surface area contributed by atoms with Crippen LogP contribution in [-0.2, 0) is 4.79 Å². The molecule has 0 amide bonds. The highest BCUT2D eigenvalue weighted by molar-refractivity contribution is 5.76. The number of ether oxygens (including phenoxy) is 1. The quantitative estimate of drug-likeness (QED) is 0.714. The summed E-state index contributed by atoms with van der Waals surface area (Å²) in [6.45, 7) is 4.61. The van der Waals surface area contributed by atoms with Gasteiger partial charge in [0.05, 0.1) is 6.61 Å². The molecule has 1 aromatic heterocycles. The standard InChI is InChI=1S/C13H21N3O3/c1-3-5-6-10(13(17)18)16-11-8-12(15-9-14-11)19-7-4-2/h8-10H,3-7H2,1-2H3,(H,17,18)(H,14,15,16). The Morgan fingerprint density at radius 3 is 2.84 bits per heavy atom. The monoisotopic (exact) mass is 267 g/mol. The highest BCUT2D eigenvalue weighted by atomic mass is 16.5. The van der Waals surface area contributed by atoms with Crippen molar-refractivity contribution in [1.29, 1.82) is 0 Å². The molecule has 0 aliphatic rings. The molecule has 1 rings (SSSR count). The predicted octanol–water partition coefficient (Wildman–Crippen LogP) is 2.32. The Hall–Kier alpha value is -1.85. The first-order valence-electron chi connectivity index (χ1n) is 6.61. The second-order valence-electron chi connectivity index (χ2n) is 4.27. The summed E-state index contributed by atoms with van der Waals surface area (Å²) in [5.41, 5.74) is 0. The number of rotatable bonds is 9. The average molecular weight is 267 g/mol. The summed E-state index contributed by atoms with van der Waals surface area (Å²) in [4.78, 5) is 19.1. The summed E-state index contributed by atoms with van der Waals surface area (Å²) >= 11 is 0. The number of nitrogens with one attached hydrogen (secondary N) is 1. The highest BCUT2D eigenvalue weighted by Crippen LogP contribution is 2.14. The van der Waals surface area contributed by atoms with Gasteiger partial charge in [0, 0.05) is 6.07 Å². The van der Waals surface area contributed by atoms with E-state index in [9.17, 15) is 4.79 Å². The van der Waals surface area contributed by atoms with Crippen LogP contribution in [-0.4, -0.2) is 33.7 Å². The summed E-state index contributed by atoms with van der Waals surface area (Å²) in [6.07, 6.45) is 4.64. The number of hydrogen-bond donors (Lipinski definition) is 2. The van der Waals surface area contributed by atoms with Crippen molar-refractivity contribution in [3.63, 3.8) is 0 Å². The Bertz CT molecular complexity index is 398. The molecule has 0 saturated carbocycles. The number of hydrogen-bond acceptors (Lipinski definition) is 5. The molecule has 2 N–H and O–H groups in total. The van der Waals surface area contributed by atoms with Crippen molar-refractivity contribution < 1.29 is 14.6 Å². The van der Waals surface area contributed by atoms with Crippen molar-refractivity contribution in [2.75, 3.05) is 11.9 Å². The van der Waals surface area contributed by atoms with Crippen LogP contribution in [0.15, 0.2) is 12.4 Å². The van der Waals surface area contributed by atoms with Gasteiger partial charge in [-0.2, -0.15) is 0 Å². The van der Waals surface area contributed by atoms with E-state index >= 15 is 0 Å². The molecule has 0 aromatic carbocycles. The lowest BCUT2D eigenvalue weighted by atomic mass is 10.1. The van der Waals surface area contributed by atoms with Gasteiger partial charge in [-0.15, -0.1) is 0 Å². The minimum absolute atomic E-state index is 0.457. The third kappa shape index (κ3) is 5.54. The maximum absolute atomic E-state index is 11.1. The number of nitrogens with zero attached hydrogens (tertiary/aromatic N) is 2. The smallest absolute Gasteiger partial charge is 0.326 e. The third-order valence-corrected chi connectivity index (χ3v) is 2.56. The Kier molecular flexibility index (Phi) is 6.63. The summed E-state index contributed by atoms with van der Waals surface area (Å²) < 4.78 is 5.38. The Morgan fingerprint density at radius 2 is 2.21 bits per heavy atom. The van der Waals surface area contributed by atoms with E-state index in [1.54, 1.807) is 6.07 Å². The Labute approximate surface area is 113 Å². The predicted molar refractivity (Wildman–Crippen MR) is 72.4 cm³/mol. The minimum atomic E-state index is -0.872. The minimum Gasteiger partial charge on any atom is -0.480 e. The summed E-state index contributed by atoms with van der Waals surface area (Å²) in [6, 6.07) is 0.992. The van der Waals surface area contributed by atoms with Gasteiger partial charge < -0.3 is 15.2 Å². The molecule has 1 heterocycles. The molecule has 6 nitrogen and oxygen atoms in total. The van der Waals surface area contributed by atoms with Gasteiger partial charge in [0.25, 0.3) is 0 Å². The molecule has 0 bridgehead atoms. The van der Waals surface area contributed by atoms with Gasteiger partial charge in [-0.05, 0) is 12.8 Å². The van der Waals surface area contributed by atoms with E-state index < -0.39 is 12.0 Å². The first kappa shape index (κ1) is 15.2. The third-order valence-electron chi connectivity index (χ3n) is 2.56. The maximum atomic E-state index is 11.1. The molecule has 0 fully saturated rings. The van der Waals surface area contributed by atoms with Crippen LogP contribution in [0.3, 0.4) is 0 Å². The lowest BCUT2D eigenvalue weighted by Crippen LogP contribution is -2.29. The maximum Gasteiger partial charge on any atom is 0.326 e. The second-order valence-corrected chi connectivity index (χ2v) is 4.27. The number of anilines is 1. The largest absolute Gasteiger partial charge is 0.480 e. The van der Waals surface area contributed by atoms with E-state index in [0.29, 0.717) is 24.7 Å². The van der Waals surface area contributed by atoms with Crippen molar-refractivity contribution >= 4 is 11.8 Å². The highest BCUT2D eigenvalue weighted by Gasteiger charge is 2.17. The van der Waals surface area contributed by atoms with Crippen LogP contribution in [0.4, 0.5) is 5.82 Å². The van der Waals surface area contributed by atoms with Crippen molar-refractivity contribution in [3.8, 4) is 5.88 Å². The SMILES string of the molecule is CCCCC(Nc1cc(OCCC)ncn1)C(=O)O. The Morgan fingerprint density at radius 1 is 1.42 bits per heavy atom. The van der Waals surface area contributed by atoms with Crippen LogP contribution in [0, 0.1) is 0 Å². The molecule has 0 radical (unpaired) electrons. The van der Waals surface area contributed by atoms with Crippen LogP contribution >= 0.6 is 0 Å². The van der Waals surface area contributed by atoms with Gasteiger partial charge in [-0.1, -0.05) is 26.7 Å². The van der Waals surface area contributed by atoms with Crippen LogP contribution in [0.1, 0.15) is 39.5 Å². The summed E-state index contributed by atoms with van der Waals surface area (Å²) in [5.74, 6) is 0.0617. The fourth-order valence-electron chi connectivity index (χ4n) is 1.55. The molecule has 1 aromatic rings. The topological polar surface area (TPSA) is 84.3 Å². The Balaban J connectivity index is 2.64. The van der Waals surface area contributed by atoms with Crippen molar-refractivity contribution in [2.24, 2.45) is 0 Å². The number of carboxylic acid groups (broad SMARTS) is 1. The van der Waals surface area contributed by atoms with Crippen molar-refractivity contribution in [3.05, 3.63) is 12.4 Å². The number of carbonyl (C=O) groups is 1. The molecular weight excluding hydrogens is 246 g/mol. The molecule has 19 heavy (non-hydrogen) atoms. The molecule has 1 unspecified atom stereocenters. The van der Waals surface area contributed by atoms with Crippen LogP contribution < -0.4 is 10.1 Å². The molecule has 0 aliphatic heterocycles.